The number of benzene rings is 3. The SMILES string of the molecule is O=C(O)C1CCN(C(=O)[C@H]2C[C@@](c3ccc(C(OCc4c(F)cccc4F)(C(F)(F)F)C(F)(F)F)cc3)(S(=O)(=O)c3ccc(F)cc3)C2)CC1. The second-order valence-electron chi connectivity index (χ2n) is 12.2. The third-order valence-electron chi connectivity index (χ3n) is 9.41. The topological polar surface area (TPSA) is 101 Å². The Morgan fingerprint density at radius 1 is 0.800 bits per heavy atom. The summed E-state index contributed by atoms with van der Waals surface area (Å²) in [5, 5.41) is 9.25. The van der Waals surface area contributed by atoms with Gasteiger partial charge in [-0.2, -0.15) is 26.3 Å². The standard InChI is InChI=1S/C33H28F9NO6S/c34-23-8-10-24(11-9-23)50(47,48)30(16-20(17-30)28(44)43-14-12-19(13-15-43)29(45)46)21-4-6-22(7-5-21)31(32(37,38)39,33(40,41)42)49-18-25-26(35)2-1-3-27(25)36/h1-11,19-20H,12-18H2,(H,45,46)/t20-,30+. The normalized spacial score (nSPS) is 20.7. The Balaban J connectivity index is 1.53. The second-order valence-corrected chi connectivity index (χ2v) is 14.5. The molecule has 1 N–H and O–H groups in total. The van der Waals surface area contributed by atoms with Gasteiger partial charge < -0.3 is 14.7 Å². The molecule has 7 nitrogen and oxygen atoms in total. The third kappa shape index (κ3) is 6.33. The molecule has 1 heterocycles. The Morgan fingerprint density at radius 2 is 1.32 bits per heavy atom. The monoisotopic (exact) mass is 737 g/mol. The van der Waals surface area contributed by atoms with Crippen LogP contribution in [-0.2, 0) is 41.1 Å². The molecule has 17 heteroatoms. The molecule has 1 aliphatic heterocycles. The number of ether oxygens (including phenoxy) is 1. The molecule has 3 aromatic carbocycles. The van der Waals surface area contributed by atoms with Gasteiger partial charge in [-0.1, -0.05) is 30.3 Å². The maximum atomic E-state index is 14.5. The fourth-order valence-electron chi connectivity index (χ4n) is 6.56. The molecule has 3 aromatic rings. The lowest BCUT2D eigenvalue weighted by Crippen LogP contribution is -2.56. The van der Waals surface area contributed by atoms with Gasteiger partial charge in [-0.25, -0.2) is 21.6 Å². The molecule has 1 saturated carbocycles. The van der Waals surface area contributed by atoms with Gasteiger partial charge >= 0.3 is 18.3 Å². The van der Waals surface area contributed by atoms with Crippen molar-refractivity contribution in [1.29, 1.82) is 0 Å². The maximum absolute atomic E-state index is 14.5. The number of alkyl halides is 6. The smallest absolute Gasteiger partial charge is 0.430 e. The zero-order valence-electron chi connectivity index (χ0n) is 25.7. The van der Waals surface area contributed by atoms with Crippen molar-refractivity contribution in [3.8, 4) is 0 Å². The Bertz CT molecular complexity index is 1810. The van der Waals surface area contributed by atoms with Crippen LogP contribution in [0.25, 0.3) is 0 Å². The quantitative estimate of drug-likeness (QED) is 0.187. The number of amides is 1. The molecule has 0 spiro atoms. The number of rotatable bonds is 9. The highest BCUT2D eigenvalue weighted by molar-refractivity contribution is 7.92. The van der Waals surface area contributed by atoms with Crippen LogP contribution in [0.1, 0.15) is 42.4 Å². The van der Waals surface area contributed by atoms with Crippen molar-refractivity contribution in [2.45, 2.75) is 59.9 Å². The van der Waals surface area contributed by atoms with E-state index in [-0.39, 0.29) is 31.5 Å². The van der Waals surface area contributed by atoms with Crippen LogP contribution in [0.15, 0.2) is 71.6 Å². The average Bonchev–Trinajstić information content (AvgIpc) is 3.01. The Kier molecular flexibility index (Phi) is 9.81. The van der Waals surface area contributed by atoms with Gasteiger partial charge in [-0.3, -0.25) is 9.59 Å². The summed E-state index contributed by atoms with van der Waals surface area (Å²) < 4.78 is 159. The Morgan fingerprint density at radius 3 is 1.80 bits per heavy atom. The molecule has 0 atom stereocenters. The van der Waals surface area contributed by atoms with E-state index in [0.29, 0.717) is 36.4 Å². The van der Waals surface area contributed by atoms with E-state index in [4.69, 9.17) is 0 Å². The van der Waals surface area contributed by atoms with Crippen LogP contribution in [0.5, 0.6) is 0 Å². The molecular weight excluding hydrogens is 709 g/mol. The first-order chi connectivity index (χ1) is 23.2. The average molecular weight is 738 g/mol. The number of nitrogens with zero attached hydrogens (tertiary/aromatic N) is 1. The van der Waals surface area contributed by atoms with Crippen molar-refractivity contribution in [2.75, 3.05) is 13.1 Å². The van der Waals surface area contributed by atoms with Crippen molar-refractivity contribution in [3.05, 3.63) is 101 Å². The number of carboxylic acid groups (broad SMARTS) is 1. The zero-order chi connectivity index (χ0) is 36.9. The first kappa shape index (κ1) is 37.1. The molecule has 1 saturated heterocycles. The van der Waals surface area contributed by atoms with Crippen LogP contribution >= 0.6 is 0 Å². The van der Waals surface area contributed by atoms with E-state index in [1.807, 2.05) is 0 Å². The lowest BCUT2D eigenvalue weighted by molar-refractivity contribution is -0.392. The number of aliphatic carboxylic acids is 1. The van der Waals surface area contributed by atoms with Gasteiger partial charge in [-0.15, -0.1) is 0 Å². The van der Waals surface area contributed by atoms with Crippen LogP contribution in [0.4, 0.5) is 39.5 Å². The molecule has 0 aromatic heterocycles. The number of sulfone groups is 1. The molecular formula is C33H28F9NO6S. The summed E-state index contributed by atoms with van der Waals surface area (Å²) in [6, 6.07) is 7.77. The molecule has 270 valence electrons. The molecule has 1 amide bonds. The van der Waals surface area contributed by atoms with Crippen molar-refractivity contribution >= 4 is 21.7 Å². The largest absolute Gasteiger partial charge is 0.481 e. The highest BCUT2D eigenvalue weighted by Crippen LogP contribution is 2.57. The van der Waals surface area contributed by atoms with Gasteiger partial charge in [0.1, 0.15) is 22.2 Å². The van der Waals surface area contributed by atoms with Crippen molar-refractivity contribution < 1.29 is 67.4 Å². The Labute approximate surface area is 279 Å². The fraction of sp³-hybridized carbons (Fsp3) is 0.394. The molecule has 2 fully saturated rings. The van der Waals surface area contributed by atoms with Gasteiger partial charge in [0, 0.05) is 30.1 Å². The summed E-state index contributed by atoms with van der Waals surface area (Å²) in [7, 11) is -4.59. The van der Waals surface area contributed by atoms with Crippen molar-refractivity contribution in [2.24, 2.45) is 11.8 Å². The maximum Gasteiger partial charge on any atom is 0.430 e. The zero-order valence-corrected chi connectivity index (χ0v) is 26.5. The predicted molar refractivity (Wildman–Crippen MR) is 156 cm³/mol. The van der Waals surface area contributed by atoms with Gasteiger partial charge in [0.15, 0.2) is 9.84 Å². The van der Waals surface area contributed by atoms with E-state index in [2.05, 4.69) is 4.74 Å². The number of hydrogen-bond donors (Lipinski definition) is 1. The summed E-state index contributed by atoms with van der Waals surface area (Å²) in [4.78, 5) is 25.6. The lowest BCUT2D eigenvalue weighted by Gasteiger charge is -2.48. The van der Waals surface area contributed by atoms with E-state index in [0.717, 1.165) is 30.3 Å². The number of carbonyl (C=O) groups is 2. The van der Waals surface area contributed by atoms with E-state index >= 15 is 0 Å². The lowest BCUT2D eigenvalue weighted by atomic mass is 9.69. The number of likely N-dealkylation sites (tertiary alicyclic amines) is 1. The van der Waals surface area contributed by atoms with Gasteiger partial charge in [0.25, 0.3) is 5.60 Å². The minimum absolute atomic E-state index is 0.0759. The summed E-state index contributed by atoms with van der Waals surface area (Å²) >= 11 is 0. The first-order valence-electron chi connectivity index (χ1n) is 15.1. The molecule has 0 unspecified atom stereocenters. The number of carbonyl (C=O) groups excluding carboxylic acids is 1. The Hall–Kier alpha value is -4.12. The molecule has 1 aliphatic carbocycles. The van der Waals surface area contributed by atoms with Crippen LogP contribution in [0.3, 0.4) is 0 Å². The fourth-order valence-corrected chi connectivity index (χ4v) is 8.79. The minimum atomic E-state index is -6.24. The summed E-state index contributed by atoms with van der Waals surface area (Å²) in [5.74, 6) is -6.86. The van der Waals surface area contributed by atoms with Crippen LogP contribution in [-0.4, -0.2) is 55.7 Å². The number of hydrogen-bond acceptors (Lipinski definition) is 5. The molecule has 50 heavy (non-hydrogen) atoms. The van der Waals surface area contributed by atoms with E-state index in [1.54, 1.807) is 0 Å². The highest BCUT2D eigenvalue weighted by atomic mass is 32.2. The number of carboxylic acids is 1. The van der Waals surface area contributed by atoms with Gasteiger partial charge in [-0.05, 0) is 67.6 Å². The molecule has 2 aliphatic rings. The van der Waals surface area contributed by atoms with E-state index in [9.17, 15) is 62.6 Å². The van der Waals surface area contributed by atoms with E-state index < -0.39 is 109 Å². The summed E-state index contributed by atoms with van der Waals surface area (Å²) in [6.45, 7) is -1.63. The highest BCUT2D eigenvalue weighted by Gasteiger charge is 2.73. The molecule has 0 bridgehead atoms. The molecule has 5 rings (SSSR count). The summed E-state index contributed by atoms with van der Waals surface area (Å²) in [6.07, 6.45) is -13.1. The summed E-state index contributed by atoms with van der Waals surface area (Å²) in [5.41, 5.74) is -8.15. The molecule has 0 radical (unpaired) electrons. The second kappa shape index (κ2) is 13.2. The number of halogens is 9. The minimum Gasteiger partial charge on any atom is -0.481 e. The van der Waals surface area contributed by atoms with Crippen LogP contribution in [0, 0.1) is 29.3 Å². The van der Waals surface area contributed by atoms with Crippen molar-refractivity contribution in [3.63, 3.8) is 0 Å². The first-order valence-corrected chi connectivity index (χ1v) is 16.6. The van der Waals surface area contributed by atoms with E-state index in [1.165, 1.54) is 4.90 Å². The van der Waals surface area contributed by atoms with Crippen LogP contribution < -0.4 is 0 Å². The third-order valence-corrected chi connectivity index (χ3v) is 11.9. The van der Waals surface area contributed by atoms with Crippen molar-refractivity contribution in [1.82, 2.24) is 4.90 Å². The van der Waals surface area contributed by atoms with Gasteiger partial charge in [0.2, 0.25) is 5.91 Å². The van der Waals surface area contributed by atoms with Crippen LogP contribution in [0.2, 0.25) is 0 Å². The van der Waals surface area contributed by atoms with Gasteiger partial charge in [0.05, 0.1) is 17.4 Å². The number of piperidine rings is 1. The predicted octanol–water partition coefficient (Wildman–Crippen LogP) is 7.04.